The SMILES string of the molecule is CCC(C)N(CC)Cc1nc(CCl)cs1. The lowest BCUT2D eigenvalue weighted by atomic mass is 10.2. The first-order valence-electron chi connectivity index (χ1n) is 5.44. The first-order valence-corrected chi connectivity index (χ1v) is 6.85. The van der Waals surface area contributed by atoms with Crippen LogP contribution in [0.1, 0.15) is 37.9 Å². The molecule has 1 aromatic rings. The summed E-state index contributed by atoms with van der Waals surface area (Å²) in [4.78, 5) is 6.92. The van der Waals surface area contributed by atoms with E-state index in [2.05, 4.69) is 30.7 Å². The minimum absolute atomic E-state index is 0.520. The lowest BCUT2D eigenvalue weighted by Gasteiger charge is -2.25. The molecule has 0 aliphatic carbocycles. The molecule has 0 bridgehead atoms. The average Bonchev–Trinajstić information content (AvgIpc) is 2.72. The third kappa shape index (κ3) is 3.74. The first kappa shape index (κ1) is 12.9. The average molecular weight is 247 g/mol. The van der Waals surface area contributed by atoms with Crippen molar-refractivity contribution in [1.82, 2.24) is 9.88 Å². The summed E-state index contributed by atoms with van der Waals surface area (Å²) in [5.41, 5.74) is 0.997. The van der Waals surface area contributed by atoms with Crippen molar-refractivity contribution in [1.29, 1.82) is 0 Å². The van der Waals surface area contributed by atoms with E-state index >= 15 is 0 Å². The van der Waals surface area contributed by atoms with Crippen molar-refractivity contribution in [3.63, 3.8) is 0 Å². The van der Waals surface area contributed by atoms with Crippen LogP contribution in [-0.4, -0.2) is 22.5 Å². The number of thiazole rings is 1. The first-order chi connectivity index (χ1) is 7.21. The molecule has 15 heavy (non-hydrogen) atoms. The second kappa shape index (κ2) is 6.46. The number of hydrogen-bond donors (Lipinski definition) is 0. The highest BCUT2D eigenvalue weighted by molar-refractivity contribution is 7.09. The Hall–Kier alpha value is -0.120. The lowest BCUT2D eigenvalue weighted by Crippen LogP contribution is -2.31. The third-order valence-electron chi connectivity index (χ3n) is 2.69. The number of alkyl halides is 1. The minimum Gasteiger partial charge on any atom is -0.294 e. The Morgan fingerprint density at radius 2 is 2.27 bits per heavy atom. The minimum atomic E-state index is 0.520. The maximum Gasteiger partial charge on any atom is 0.107 e. The molecule has 0 saturated heterocycles. The van der Waals surface area contributed by atoms with Gasteiger partial charge < -0.3 is 0 Å². The standard InChI is InChI=1S/C11H19ClN2S/c1-4-9(3)14(5-2)7-11-13-10(6-12)8-15-11/h8-9H,4-7H2,1-3H3. The summed E-state index contributed by atoms with van der Waals surface area (Å²) in [6.07, 6.45) is 1.18. The molecule has 0 aromatic carbocycles. The number of hydrogen-bond acceptors (Lipinski definition) is 3. The predicted octanol–water partition coefficient (Wildman–Crippen LogP) is 3.50. The lowest BCUT2D eigenvalue weighted by molar-refractivity contribution is 0.206. The van der Waals surface area contributed by atoms with E-state index < -0.39 is 0 Å². The largest absolute Gasteiger partial charge is 0.294 e. The van der Waals surface area contributed by atoms with Crippen LogP contribution in [0.25, 0.3) is 0 Å². The summed E-state index contributed by atoms with van der Waals surface area (Å²) in [5.74, 6) is 0.520. The highest BCUT2D eigenvalue weighted by Crippen LogP contribution is 2.15. The smallest absolute Gasteiger partial charge is 0.107 e. The maximum atomic E-state index is 5.73. The molecule has 0 saturated carbocycles. The molecule has 86 valence electrons. The van der Waals surface area contributed by atoms with Gasteiger partial charge in [0.1, 0.15) is 5.01 Å². The van der Waals surface area contributed by atoms with Gasteiger partial charge in [-0.2, -0.15) is 0 Å². The zero-order valence-electron chi connectivity index (χ0n) is 9.66. The quantitative estimate of drug-likeness (QED) is 0.715. The molecule has 1 unspecified atom stereocenters. The maximum absolute atomic E-state index is 5.73. The van der Waals surface area contributed by atoms with Crippen molar-refractivity contribution in [2.24, 2.45) is 0 Å². The van der Waals surface area contributed by atoms with Crippen LogP contribution in [0.3, 0.4) is 0 Å². The van der Waals surface area contributed by atoms with Gasteiger partial charge in [-0.05, 0) is 19.9 Å². The Bertz CT molecular complexity index is 288. The van der Waals surface area contributed by atoms with Crippen molar-refractivity contribution >= 4 is 22.9 Å². The van der Waals surface area contributed by atoms with Gasteiger partial charge in [-0.1, -0.05) is 13.8 Å². The van der Waals surface area contributed by atoms with Crippen LogP contribution < -0.4 is 0 Å². The molecule has 0 N–H and O–H groups in total. The van der Waals surface area contributed by atoms with Crippen LogP contribution in [-0.2, 0) is 12.4 Å². The molecular formula is C11H19ClN2S. The molecule has 4 heteroatoms. The van der Waals surface area contributed by atoms with Gasteiger partial charge in [0, 0.05) is 11.4 Å². The van der Waals surface area contributed by atoms with Gasteiger partial charge in [0.05, 0.1) is 18.1 Å². The molecule has 1 atom stereocenters. The van der Waals surface area contributed by atoms with E-state index in [4.69, 9.17) is 11.6 Å². The predicted molar refractivity (Wildman–Crippen MR) is 67.5 cm³/mol. The monoisotopic (exact) mass is 246 g/mol. The van der Waals surface area contributed by atoms with Gasteiger partial charge in [-0.15, -0.1) is 22.9 Å². The van der Waals surface area contributed by atoms with E-state index in [-0.39, 0.29) is 0 Å². The summed E-state index contributed by atoms with van der Waals surface area (Å²) >= 11 is 7.44. The Morgan fingerprint density at radius 3 is 2.73 bits per heavy atom. The van der Waals surface area contributed by atoms with Gasteiger partial charge in [-0.3, -0.25) is 4.90 Å². The molecule has 0 radical (unpaired) electrons. The van der Waals surface area contributed by atoms with E-state index in [1.54, 1.807) is 11.3 Å². The van der Waals surface area contributed by atoms with E-state index in [0.717, 1.165) is 18.8 Å². The zero-order valence-corrected chi connectivity index (χ0v) is 11.2. The summed E-state index contributed by atoms with van der Waals surface area (Å²) < 4.78 is 0. The van der Waals surface area contributed by atoms with Crippen molar-refractivity contribution in [3.8, 4) is 0 Å². The van der Waals surface area contributed by atoms with Crippen molar-refractivity contribution < 1.29 is 0 Å². The number of aromatic nitrogens is 1. The van der Waals surface area contributed by atoms with Crippen molar-refractivity contribution in [2.75, 3.05) is 6.54 Å². The van der Waals surface area contributed by atoms with Crippen LogP contribution in [0.2, 0.25) is 0 Å². The van der Waals surface area contributed by atoms with Gasteiger partial charge in [0.2, 0.25) is 0 Å². The van der Waals surface area contributed by atoms with Crippen molar-refractivity contribution in [3.05, 3.63) is 16.1 Å². The Labute approximate surface area is 101 Å². The Balaban J connectivity index is 2.58. The number of nitrogens with zero attached hydrogens (tertiary/aromatic N) is 2. The molecule has 0 spiro atoms. The normalized spacial score (nSPS) is 13.4. The summed E-state index contributed by atoms with van der Waals surface area (Å²) in [5, 5.41) is 3.22. The summed E-state index contributed by atoms with van der Waals surface area (Å²) in [7, 11) is 0. The zero-order chi connectivity index (χ0) is 11.3. The molecule has 0 aliphatic rings. The highest BCUT2D eigenvalue weighted by atomic mass is 35.5. The molecule has 0 amide bonds. The van der Waals surface area contributed by atoms with Gasteiger partial charge >= 0.3 is 0 Å². The fourth-order valence-electron chi connectivity index (χ4n) is 1.49. The topological polar surface area (TPSA) is 16.1 Å². The number of halogens is 1. The van der Waals surface area contributed by atoms with Crippen molar-refractivity contribution in [2.45, 2.75) is 45.7 Å². The van der Waals surface area contributed by atoms with E-state index in [1.165, 1.54) is 11.4 Å². The van der Waals surface area contributed by atoms with Gasteiger partial charge in [0.25, 0.3) is 0 Å². The highest BCUT2D eigenvalue weighted by Gasteiger charge is 2.12. The van der Waals surface area contributed by atoms with E-state index in [9.17, 15) is 0 Å². The third-order valence-corrected chi connectivity index (χ3v) is 3.85. The molecular weight excluding hydrogens is 228 g/mol. The molecule has 0 fully saturated rings. The second-order valence-electron chi connectivity index (χ2n) is 3.69. The van der Waals surface area contributed by atoms with Gasteiger partial charge in [0.15, 0.2) is 0 Å². The number of rotatable bonds is 6. The molecule has 1 heterocycles. The van der Waals surface area contributed by atoms with Crippen LogP contribution >= 0.6 is 22.9 Å². The van der Waals surface area contributed by atoms with Crippen LogP contribution in [0, 0.1) is 0 Å². The van der Waals surface area contributed by atoms with Gasteiger partial charge in [-0.25, -0.2) is 4.98 Å². The summed E-state index contributed by atoms with van der Waals surface area (Å²) in [6, 6.07) is 0.623. The molecule has 1 aromatic heterocycles. The van der Waals surface area contributed by atoms with E-state index in [0.29, 0.717) is 11.9 Å². The summed E-state index contributed by atoms with van der Waals surface area (Å²) in [6.45, 7) is 8.71. The molecule has 1 rings (SSSR count). The van der Waals surface area contributed by atoms with Crippen LogP contribution in [0.4, 0.5) is 0 Å². The Kier molecular flexibility index (Phi) is 5.58. The van der Waals surface area contributed by atoms with E-state index in [1.807, 2.05) is 5.38 Å². The fourth-order valence-corrected chi connectivity index (χ4v) is 2.54. The molecule has 0 aliphatic heterocycles. The second-order valence-corrected chi connectivity index (χ2v) is 4.90. The fraction of sp³-hybridized carbons (Fsp3) is 0.727. The van der Waals surface area contributed by atoms with Crippen LogP contribution in [0.15, 0.2) is 5.38 Å². The Morgan fingerprint density at radius 1 is 1.53 bits per heavy atom. The van der Waals surface area contributed by atoms with Crippen LogP contribution in [0.5, 0.6) is 0 Å². The molecule has 2 nitrogen and oxygen atoms in total.